The molecule has 0 aliphatic heterocycles. The largest absolute Gasteiger partial charge is 0.495 e. The van der Waals surface area contributed by atoms with E-state index in [4.69, 9.17) is 14.3 Å². The molecular weight excluding hydrogens is 376 g/mol. The third-order valence-corrected chi connectivity index (χ3v) is 4.91. The number of carboxylic acids is 1. The summed E-state index contributed by atoms with van der Waals surface area (Å²) in [6.45, 7) is 6.51. The number of carboxylic acid groups (broad SMARTS) is 1. The standard InChI is InChI=1S/C21H22N2O4S/c1-21(2,3)15-8-5-13(6-9-15)19-22-18(12-27-19)28-23-16-10-7-14(20(24)25)11-17(16)26-4/h5-12,23H,1-4H3,(H,24,25). The Kier molecular flexibility index (Phi) is 5.65. The highest BCUT2D eigenvalue weighted by Crippen LogP contribution is 2.31. The molecule has 0 bridgehead atoms. The lowest BCUT2D eigenvalue weighted by Gasteiger charge is -2.18. The maximum absolute atomic E-state index is 11.1. The van der Waals surface area contributed by atoms with E-state index >= 15 is 0 Å². The van der Waals surface area contributed by atoms with Gasteiger partial charge in [-0.25, -0.2) is 9.78 Å². The normalized spacial score (nSPS) is 11.3. The first-order chi connectivity index (χ1) is 13.3. The van der Waals surface area contributed by atoms with Gasteiger partial charge in [0.15, 0.2) is 5.03 Å². The lowest BCUT2D eigenvalue weighted by molar-refractivity contribution is 0.0696. The molecular formula is C21H22N2O4S. The van der Waals surface area contributed by atoms with Crippen molar-refractivity contribution in [1.29, 1.82) is 0 Å². The Labute approximate surface area is 168 Å². The van der Waals surface area contributed by atoms with Gasteiger partial charge in [0.05, 0.1) is 18.4 Å². The first-order valence-corrected chi connectivity index (χ1v) is 9.50. The van der Waals surface area contributed by atoms with Crippen LogP contribution in [0.5, 0.6) is 5.75 Å². The van der Waals surface area contributed by atoms with Gasteiger partial charge in [0, 0.05) is 17.5 Å². The lowest BCUT2D eigenvalue weighted by Crippen LogP contribution is -2.10. The van der Waals surface area contributed by atoms with Crippen molar-refractivity contribution >= 4 is 23.6 Å². The van der Waals surface area contributed by atoms with E-state index in [0.29, 0.717) is 22.4 Å². The first kappa shape index (κ1) is 19.8. The molecule has 0 aliphatic carbocycles. The van der Waals surface area contributed by atoms with Crippen molar-refractivity contribution in [3.05, 3.63) is 59.9 Å². The number of methoxy groups -OCH3 is 1. The van der Waals surface area contributed by atoms with Gasteiger partial charge in [-0.15, -0.1) is 0 Å². The number of carbonyl (C=O) groups is 1. The van der Waals surface area contributed by atoms with Gasteiger partial charge >= 0.3 is 5.97 Å². The molecule has 0 radical (unpaired) electrons. The summed E-state index contributed by atoms with van der Waals surface area (Å²) in [5.74, 6) is -0.0250. The molecule has 0 amide bonds. The number of aromatic nitrogens is 1. The zero-order valence-corrected chi connectivity index (χ0v) is 17.0. The molecule has 0 spiro atoms. The van der Waals surface area contributed by atoms with Crippen molar-refractivity contribution in [2.24, 2.45) is 0 Å². The van der Waals surface area contributed by atoms with Crippen LogP contribution in [0.25, 0.3) is 11.5 Å². The van der Waals surface area contributed by atoms with Gasteiger partial charge < -0.3 is 19.0 Å². The van der Waals surface area contributed by atoms with Crippen LogP contribution in [0.2, 0.25) is 0 Å². The van der Waals surface area contributed by atoms with Crippen LogP contribution in [0, 0.1) is 0 Å². The highest BCUT2D eigenvalue weighted by molar-refractivity contribution is 8.00. The van der Waals surface area contributed by atoms with E-state index in [1.165, 1.54) is 36.8 Å². The maximum atomic E-state index is 11.1. The van der Waals surface area contributed by atoms with Crippen molar-refractivity contribution < 1.29 is 19.1 Å². The van der Waals surface area contributed by atoms with Crippen LogP contribution in [0.4, 0.5) is 5.69 Å². The van der Waals surface area contributed by atoms with Gasteiger partial charge in [0.2, 0.25) is 5.89 Å². The quantitative estimate of drug-likeness (QED) is 0.533. The number of hydrogen-bond donors (Lipinski definition) is 2. The van der Waals surface area contributed by atoms with Gasteiger partial charge in [-0.3, -0.25) is 0 Å². The van der Waals surface area contributed by atoms with E-state index in [-0.39, 0.29) is 11.0 Å². The number of anilines is 1. The van der Waals surface area contributed by atoms with E-state index < -0.39 is 5.97 Å². The Hall–Kier alpha value is -2.93. The smallest absolute Gasteiger partial charge is 0.335 e. The molecule has 0 unspecified atom stereocenters. The number of rotatable bonds is 6. The average Bonchev–Trinajstić information content (AvgIpc) is 3.14. The number of aromatic carboxylic acids is 1. The summed E-state index contributed by atoms with van der Waals surface area (Å²) < 4.78 is 14.0. The zero-order chi connectivity index (χ0) is 20.3. The SMILES string of the molecule is COc1cc(C(=O)O)ccc1NSc1coc(-c2ccc(C(C)(C)C)cc2)n1. The van der Waals surface area contributed by atoms with Crippen LogP contribution in [-0.2, 0) is 5.41 Å². The summed E-state index contributed by atoms with van der Waals surface area (Å²) in [5.41, 5.74) is 3.06. The fraction of sp³-hybridized carbons (Fsp3) is 0.238. The molecule has 6 nitrogen and oxygen atoms in total. The number of hydrogen-bond acceptors (Lipinski definition) is 6. The summed E-state index contributed by atoms with van der Waals surface area (Å²) >= 11 is 1.26. The van der Waals surface area contributed by atoms with Gasteiger partial charge in [-0.2, -0.15) is 0 Å². The minimum Gasteiger partial charge on any atom is -0.495 e. The Balaban J connectivity index is 1.71. The van der Waals surface area contributed by atoms with E-state index in [1.54, 1.807) is 12.3 Å². The van der Waals surface area contributed by atoms with Crippen molar-refractivity contribution in [2.45, 2.75) is 31.2 Å². The van der Waals surface area contributed by atoms with Crippen molar-refractivity contribution in [3.8, 4) is 17.2 Å². The fourth-order valence-corrected chi connectivity index (χ4v) is 3.18. The highest BCUT2D eigenvalue weighted by Gasteiger charge is 2.15. The molecule has 1 heterocycles. The second-order valence-corrected chi connectivity index (χ2v) is 8.07. The number of ether oxygens (including phenoxy) is 1. The van der Waals surface area contributed by atoms with Crippen molar-refractivity contribution in [2.75, 3.05) is 11.8 Å². The molecule has 146 valence electrons. The number of benzene rings is 2. The van der Waals surface area contributed by atoms with Crippen LogP contribution in [0.3, 0.4) is 0 Å². The molecule has 0 aliphatic rings. The summed E-state index contributed by atoms with van der Waals surface area (Å²) in [6.07, 6.45) is 1.57. The molecule has 0 fully saturated rings. The Bertz CT molecular complexity index is 975. The Morgan fingerprint density at radius 2 is 1.89 bits per heavy atom. The van der Waals surface area contributed by atoms with Gasteiger partial charge in [0.1, 0.15) is 12.0 Å². The lowest BCUT2D eigenvalue weighted by atomic mass is 9.87. The third kappa shape index (κ3) is 4.48. The van der Waals surface area contributed by atoms with E-state index in [0.717, 1.165) is 5.56 Å². The highest BCUT2D eigenvalue weighted by atomic mass is 32.2. The summed E-state index contributed by atoms with van der Waals surface area (Å²) in [5, 5.41) is 9.72. The molecule has 1 aromatic heterocycles. The van der Waals surface area contributed by atoms with Crippen molar-refractivity contribution in [3.63, 3.8) is 0 Å². The van der Waals surface area contributed by atoms with E-state index in [2.05, 4.69) is 42.6 Å². The molecule has 3 aromatic rings. The summed E-state index contributed by atoms with van der Waals surface area (Å²) in [6, 6.07) is 12.8. The van der Waals surface area contributed by atoms with Gasteiger partial charge in [-0.1, -0.05) is 32.9 Å². The van der Waals surface area contributed by atoms with Crippen LogP contribution in [-0.4, -0.2) is 23.2 Å². The van der Waals surface area contributed by atoms with Crippen LogP contribution in [0.15, 0.2) is 58.2 Å². The zero-order valence-electron chi connectivity index (χ0n) is 16.1. The van der Waals surface area contributed by atoms with Gasteiger partial charge in [0.25, 0.3) is 0 Å². The Morgan fingerprint density at radius 3 is 2.50 bits per heavy atom. The summed E-state index contributed by atoms with van der Waals surface area (Å²) in [7, 11) is 1.49. The number of nitrogens with zero attached hydrogens (tertiary/aromatic N) is 1. The number of nitrogens with one attached hydrogen (secondary N) is 1. The molecule has 0 atom stereocenters. The Morgan fingerprint density at radius 1 is 1.18 bits per heavy atom. The topological polar surface area (TPSA) is 84.6 Å². The predicted molar refractivity (Wildman–Crippen MR) is 110 cm³/mol. The second kappa shape index (κ2) is 7.98. The monoisotopic (exact) mass is 398 g/mol. The molecule has 3 rings (SSSR count). The first-order valence-electron chi connectivity index (χ1n) is 8.68. The minimum atomic E-state index is -1.00. The van der Waals surface area contributed by atoms with E-state index in [9.17, 15) is 4.79 Å². The third-order valence-electron chi connectivity index (χ3n) is 4.20. The second-order valence-electron chi connectivity index (χ2n) is 7.24. The van der Waals surface area contributed by atoms with Crippen LogP contribution >= 0.6 is 11.9 Å². The fourth-order valence-electron chi connectivity index (χ4n) is 2.57. The summed E-state index contributed by atoms with van der Waals surface area (Å²) in [4.78, 5) is 15.6. The minimum absolute atomic E-state index is 0.0926. The maximum Gasteiger partial charge on any atom is 0.335 e. The molecule has 7 heteroatoms. The molecule has 0 saturated carbocycles. The van der Waals surface area contributed by atoms with Crippen LogP contribution < -0.4 is 9.46 Å². The molecule has 2 aromatic carbocycles. The molecule has 2 N–H and O–H groups in total. The van der Waals surface area contributed by atoms with E-state index in [1.807, 2.05) is 12.1 Å². The molecule has 0 saturated heterocycles. The molecule has 28 heavy (non-hydrogen) atoms. The number of oxazole rings is 1. The predicted octanol–water partition coefficient (Wildman–Crippen LogP) is 5.47. The average molecular weight is 398 g/mol. The van der Waals surface area contributed by atoms with Crippen LogP contribution in [0.1, 0.15) is 36.7 Å². The van der Waals surface area contributed by atoms with Gasteiger partial charge in [-0.05, 0) is 41.3 Å². The van der Waals surface area contributed by atoms with Crippen molar-refractivity contribution in [1.82, 2.24) is 4.98 Å².